The molecule has 222 valence electrons. The smallest absolute Gasteiger partial charge is 0.232 e. The lowest BCUT2D eigenvalue weighted by Crippen LogP contribution is -2.46. The summed E-state index contributed by atoms with van der Waals surface area (Å²) in [5.74, 6) is 3.22. The fraction of sp³-hybridized carbons (Fsp3) is 0.559. The average Bonchev–Trinajstić information content (AvgIpc) is 2.94. The lowest BCUT2D eigenvalue weighted by molar-refractivity contribution is -0.234. The SMILES string of the molecule is COc1ccc(OC)c2cc3c(cc12)C(=O)C(O)=C[C@@]3(C)CCC1(C#C[Si](C(C)C)(C(C)C)C(C)C)OCCCO1. The molecule has 0 saturated carbocycles. The zero-order valence-electron chi connectivity index (χ0n) is 26.1. The Morgan fingerprint density at radius 3 is 1.98 bits per heavy atom. The van der Waals surface area contributed by atoms with E-state index in [0.717, 1.165) is 22.8 Å². The van der Waals surface area contributed by atoms with Crippen LogP contribution in [0.2, 0.25) is 16.6 Å². The topological polar surface area (TPSA) is 74.2 Å². The number of aliphatic hydroxyl groups excluding tert-OH is 1. The highest BCUT2D eigenvalue weighted by Gasteiger charge is 2.44. The molecule has 2 aromatic rings. The van der Waals surface area contributed by atoms with E-state index in [0.29, 0.717) is 59.7 Å². The fourth-order valence-electron chi connectivity index (χ4n) is 7.06. The van der Waals surface area contributed by atoms with Gasteiger partial charge in [0.15, 0.2) is 5.76 Å². The van der Waals surface area contributed by atoms with Crippen LogP contribution in [0.4, 0.5) is 0 Å². The predicted molar refractivity (Wildman–Crippen MR) is 167 cm³/mol. The van der Waals surface area contributed by atoms with Crippen LogP contribution >= 0.6 is 0 Å². The third-order valence-corrected chi connectivity index (χ3v) is 15.6. The minimum absolute atomic E-state index is 0.252. The molecule has 1 fully saturated rings. The van der Waals surface area contributed by atoms with Gasteiger partial charge in [0.25, 0.3) is 0 Å². The number of carbonyl (C=O) groups excluding carboxylic acids is 1. The molecule has 1 saturated heterocycles. The zero-order valence-corrected chi connectivity index (χ0v) is 27.1. The lowest BCUT2D eigenvalue weighted by atomic mass is 9.70. The van der Waals surface area contributed by atoms with E-state index in [1.807, 2.05) is 31.2 Å². The molecule has 7 heteroatoms. The van der Waals surface area contributed by atoms with Crippen molar-refractivity contribution in [2.24, 2.45) is 0 Å². The Morgan fingerprint density at radius 2 is 1.46 bits per heavy atom. The van der Waals surface area contributed by atoms with Crippen molar-refractivity contribution in [3.05, 3.63) is 47.2 Å². The summed E-state index contributed by atoms with van der Waals surface area (Å²) < 4.78 is 24.0. The van der Waals surface area contributed by atoms with Crippen molar-refractivity contribution in [3.8, 4) is 23.0 Å². The first-order chi connectivity index (χ1) is 19.3. The molecular weight excluding hydrogens is 532 g/mol. The second-order valence-electron chi connectivity index (χ2n) is 12.6. The second kappa shape index (κ2) is 11.8. The van der Waals surface area contributed by atoms with Crippen LogP contribution in [0.25, 0.3) is 10.8 Å². The highest BCUT2D eigenvalue weighted by molar-refractivity contribution is 6.90. The van der Waals surface area contributed by atoms with Crippen molar-refractivity contribution >= 4 is 24.6 Å². The number of hydrogen-bond donors (Lipinski definition) is 1. The summed E-state index contributed by atoms with van der Waals surface area (Å²) in [5, 5.41) is 12.4. The Balaban J connectivity index is 1.80. The fourth-order valence-corrected chi connectivity index (χ4v) is 12.3. The number of carbonyl (C=O) groups is 1. The number of ketones is 1. The molecule has 1 N–H and O–H groups in total. The number of benzene rings is 2. The molecule has 0 unspecified atom stereocenters. The van der Waals surface area contributed by atoms with E-state index in [2.05, 4.69) is 53.0 Å². The summed E-state index contributed by atoms with van der Waals surface area (Å²) in [6, 6.07) is 7.51. The molecule has 1 heterocycles. The number of allylic oxidation sites excluding steroid dienone is 2. The number of methoxy groups -OCH3 is 2. The van der Waals surface area contributed by atoms with E-state index in [9.17, 15) is 9.90 Å². The normalized spacial score (nSPS) is 20.6. The molecule has 0 radical (unpaired) electrons. The van der Waals surface area contributed by atoms with Crippen LogP contribution in [-0.2, 0) is 14.9 Å². The molecule has 0 bridgehead atoms. The third-order valence-electron chi connectivity index (χ3n) is 9.33. The number of hydrogen-bond acceptors (Lipinski definition) is 6. The van der Waals surface area contributed by atoms with Gasteiger partial charge in [0.05, 0.1) is 27.4 Å². The molecule has 6 nitrogen and oxygen atoms in total. The molecule has 2 aliphatic rings. The van der Waals surface area contributed by atoms with Crippen LogP contribution in [0.1, 0.15) is 83.7 Å². The van der Waals surface area contributed by atoms with Crippen LogP contribution in [0.5, 0.6) is 11.5 Å². The monoisotopic (exact) mass is 578 g/mol. The molecule has 1 aliphatic carbocycles. The first-order valence-electron chi connectivity index (χ1n) is 14.8. The Hall–Kier alpha value is -2.79. The summed E-state index contributed by atoms with van der Waals surface area (Å²) >= 11 is 0. The summed E-state index contributed by atoms with van der Waals surface area (Å²) in [6.07, 6.45) is 3.56. The number of rotatable bonds is 8. The van der Waals surface area contributed by atoms with Gasteiger partial charge in [-0.25, -0.2) is 0 Å². The summed E-state index contributed by atoms with van der Waals surface area (Å²) in [7, 11) is 1.21. The Bertz CT molecular complexity index is 1370. The first kappa shape index (κ1) is 31.1. The number of fused-ring (bicyclic) bond motifs is 2. The molecule has 0 amide bonds. The van der Waals surface area contributed by atoms with E-state index >= 15 is 0 Å². The Kier molecular flexibility index (Phi) is 8.99. The number of Topliss-reactive ketones (excluding diaryl/α,β-unsaturated/α-hetero) is 1. The van der Waals surface area contributed by atoms with Crippen molar-refractivity contribution in [1.82, 2.24) is 0 Å². The molecule has 0 aromatic heterocycles. The van der Waals surface area contributed by atoms with Crippen LogP contribution in [-0.4, -0.2) is 52.2 Å². The second-order valence-corrected chi connectivity index (χ2v) is 18.2. The molecule has 2 aromatic carbocycles. The maximum Gasteiger partial charge on any atom is 0.232 e. The minimum atomic E-state index is -2.02. The van der Waals surface area contributed by atoms with Gasteiger partial charge >= 0.3 is 0 Å². The van der Waals surface area contributed by atoms with Gasteiger partial charge in [0.2, 0.25) is 11.6 Å². The molecular formula is C34H46O6Si. The van der Waals surface area contributed by atoms with Gasteiger partial charge < -0.3 is 24.1 Å². The molecule has 1 aliphatic heterocycles. The third kappa shape index (κ3) is 5.54. The number of ether oxygens (including phenoxy) is 4. The molecule has 4 rings (SSSR count). The van der Waals surface area contributed by atoms with E-state index in [-0.39, 0.29) is 5.76 Å². The molecule has 41 heavy (non-hydrogen) atoms. The van der Waals surface area contributed by atoms with Crippen molar-refractivity contribution in [3.63, 3.8) is 0 Å². The van der Waals surface area contributed by atoms with E-state index in [4.69, 9.17) is 18.9 Å². The van der Waals surface area contributed by atoms with Crippen LogP contribution in [0.15, 0.2) is 36.1 Å². The van der Waals surface area contributed by atoms with Gasteiger partial charge in [-0.3, -0.25) is 4.79 Å². The highest BCUT2D eigenvalue weighted by Crippen LogP contribution is 2.46. The summed E-state index contributed by atoms with van der Waals surface area (Å²) in [5.41, 5.74) is 5.91. The maximum absolute atomic E-state index is 13.2. The zero-order chi connectivity index (χ0) is 30.2. The summed E-state index contributed by atoms with van der Waals surface area (Å²) in [6.45, 7) is 17.0. The van der Waals surface area contributed by atoms with Crippen molar-refractivity contribution in [1.29, 1.82) is 0 Å². The lowest BCUT2D eigenvalue weighted by Gasteiger charge is -2.40. The molecule has 0 spiro atoms. The van der Waals surface area contributed by atoms with Gasteiger partial charge in [0, 0.05) is 28.2 Å². The van der Waals surface area contributed by atoms with Crippen LogP contribution in [0.3, 0.4) is 0 Å². The first-order valence-corrected chi connectivity index (χ1v) is 17.1. The van der Waals surface area contributed by atoms with Gasteiger partial charge in [-0.05, 0) is 71.3 Å². The quantitative estimate of drug-likeness (QED) is 0.254. The van der Waals surface area contributed by atoms with E-state index in [1.54, 1.807) is 20.3 Å². The molecule has 1 atom stereocenters. The van der Waals surface area contributed by atoms with Gasteiger partial charge in [-0.1, -0.05) is 48.5 Å². The van der Waals surface area contributed by atoms with Crippen LogP contribution < -0.4 is 9.47 Å². The minimum Gasteiger partial charge on any atom is -0.504 e. The van der Waals surface area contributed by atoms with E-state index in [1.165, 1.54) is 0 Å². The van der Waals surface area contributed by atoms with Gasteiger partial charge in [-0.2, -0.15) is 0 Å². The standard InChI is InChI=1S/C34H46O6Si/c1-22(2)41(23(3)4,24(5)6)18-15-34(39-16-10-17-40-34)14-13-33(7)21-29(35)32(36)27-19-25-26(20-28(27)33)31(38-9)12-11-30(25)37-8/h11-12,19-24,35H,10,13-14,16-17H2,1-9H3/t33-/m1/s1. The van der Waals surface area contributed by atoms with Crippen molar-refractivity contribution < 1.29 is 28.8 Å². The highest BCUT2D eigenvalue weighted by atomic mass is 28.3. The maximum atomic E-state index is 13.2. The van der Waals surface area contributed by atoms with Gasteiger partial charge in [0.1, 0.15) is 19.6 Å². The van der Waals surface area contributed by atoms with E-state index < -0.39 is 25.1 Å². The average molecular weight is 579 g/mol. The summed E-state index contributed by atoms with van der Waals surface area (Å²) in [4.78, 5) is 13.2. The largest absolute Gasteiger partial charge is 0.504 e. The van der Waals surface area contributed by atoms with Crippen LogP contribution in [0, 0.1) is 11.5 Å². The Morgan fingerprint density at radius 1 is 0.927 bits per heavy atom. The Labute approximate surface area is 246 Å². The van der Waals surface area contributed by atoms with Gasteiger partial charge in [-0.15, -0.1) is 5.54 Å². The van der Waals surface area contributed by atoms with Crippen molar-refractivity contribution in [2.75, 3.05) is 27.4 Å². The number of aliphatic hydroxyl groups is 1. The van der Waals surface area contributed by atoms with Crippen molar-refractivity contribution in [2.45, 2.75) is 95.6 Å². The predicted octanol–water partition coefficient (Wildman–Crippen LogP) is 7.89.